The van der Waals surface area contributed by atoms with Crippen LogP contribution >= 0.6 is 0 Å². The highest BCUT2D eigenvalue weighted by molar-refractivity contribution is 5.35. The molecule has 3 heterocycles. The predicted molar refractivity (Wildman–Crippen MR) is 96.4 cm³/mol. The van der Waals surface area contributed by atoms with E-state index in [1.54, 1.807) is 0 Å². The van der Waals surface area contributed by atoms with Crippen molar-refractivity contribution in [3.8, 4) is 5.69 Å². The van der Waals surface area contributed by atoms with Crippen LogP contribution in [0.4, 0.5) is 0 Å². The van der Waals surface area contributed by atoms with Gasteiger partial charge < -0.3 is 5.32 Å². The van der Waals surface area contributed by atoms with E-state index in [0.29, 0.717) is 0 Å². The van der Waals surface area contributed by atoms with E-state index < -0.39 is 0 Å². The van der Waals surface area contributed by atoms with Crippen molar-refractivity contribution >= 4 is 0 Å². The quantitative estimate of drug-likeness (QED) is 0.927. The molecule has 2 aromatic rings. The number of para-hydroxylation sites is 1. The van der Waals surface area contributed by atoms with Gasteiger partial charge in [0.2, 0.25) is 0 Å². The zero-order valence-corrected chi connectivity index (χ0v) is 14.5. The summed E-state index contributed by atoms with van der Waals surface area (Å²) in [4.78, 5) is 9.81. The first-order valence-electron chi connectivity index (χ1n) is 9.07. The molecule has 24 heavy (non-hydrogen) atoms. The van der Waals surface area contributed by atoms with Crippen LogP contribution in [0.3, 0.4) is 0 Å². The molecule has 1 aromatic carbocycles. The van der Waals surface area contributed by atoms with E-state index >= 15 is 0 Å². The van der Waals surface area contributed by atoms with Gasteiger partial charge in [-0.25, -0.2) is 4.98 Å². The van der Waals surface area contributed by atoms with Gasteiger partial charge in [0.1, 0.15) is 5.82 Å². The van der Waals surface area contributed by atoms with E-state index in [1.165, 1.54) is 44.0 Å². The zero-order chi connectivity index (χ0) is 16.4. The van der Waals surface area contributed by atoms with Gasteiger partial charge in [-0.2, -0.15) is 0 Å². The van der Waals surface area contributed by atoms with Crippen molar-refractivity contribution in [2.75, 3.05) is 39.3 Å². The third-order valence-electron chi connectivity index (χ3n) is 5.33. The van der Waals surface area contributed by atoms with Crippen molar-refractivity contribution in [1.29, 1.82) is 0 Å². The number of aryl methyl sites for hydroxylation is 1. The fourth-order valence-corrected chi connectivity index (χ4v) is 4.06. The molecule has 1 N–H and O–H groups in total. The Morgan fingerprint density at radius 1 is 1.12 bits per heavy atom. The maximum absolute atomic E-state index is 4.56. The highest BCUT2D eigenvalue weighted by Crippen LogP contribution is 2.21. The van der Waals surface area contributed by atoms with Crippen LogP contribution in [0.1, 0.15) is 17.9 Å². The summed E-state index contributed by atoms with van der Waals surface area (Å²) in [5, 5.41) is 3.45. The Morgan fingerprint density at radius 2 is 1.92 bits per heavy atom. The van der Waals surface area contributed by atoms with Gasteiger partial charge in [-0.3, -0.25) is 14.4 Å². The summed E-state index contributed by atoms with van der Waals surface area (Å²) in [5.74, 6) is 1.06. The smallest absolute Gasteiger partial charge is 0.110 e. The predicted octanol–water partition coefficient (Wildman–Crippen LogP) is 1.66. The fraction of sp³-hybridized carbons (Fsp3) is 0.526. The minimum Gasteiger partial charge on any atom is -0.314 e. The number of likely N-dealkylation sites (tertiary alicyclic amines) is 1. The number of hydrogen-bond donors (Lipinski definition) is 1. The minimum atomic E-state index is 0.723. The van der Waals surface area contributed by atoms with Gasteiger partial charge in [0.15, 0.2) is 0 Å². The van der Waals surface area contributed by atoms with Crippen LogP contribution in [0.15, 0.2) is 36.5 Å². The second kappa shape index (κ2) is 7.05. The highest BCUT2D eigenvalue weighted by Gasteiger charge is 2.29. The monoisotopic (exact) mass is 325 g/mol. The Morgan fingerprint density at radius 3 is 2.71 bits per heavy atom. The maximum atomic E-state index is 4.56. The molecule has 5 nitrogen and oxygen atoms in total. The summed E-state index contributed by atoms with van der Waals surface area (Å²) in [5.41, 5.74) is 2.50. The van der Waals surface area contributed by atoms with Gasteiger partial charge in [0, 0.05) is 57.5 Å². The Bertz CT molecular complexity index is 660. The van der Waals surface area contributed by atoms with Crippen molar-refractivity contribution < 1.29 is 0 Å². The van der Waals surface area contributed by atoms with Crippen molar-refractivity contribution in [3.63, 3.8) is 0 Å². The SMILES string of the molecule is Cc1ncc(CN2CCC(N3CCNCC3)C2)n1-c1ccccc1. The lowest BCUT2D eigenvalue weighted by Gasteiger charge is -2.32. The molecule has 0 saturated carbocycles. The van der Waals surface area contributed by atoms with Crippen LogP contribution in [0.5, 0.6) is 0 Å². The number of nitrogens with one attached hydrogen (secondary N) is 1. The Labute approximate surface area is 144 Å². The summed E-state index contributed by atoms with van der Waals surface area (Å²) in [6.07, 6.45) is 3.33. The molecule has 1 atom stereocenters. The van der Waals surface area contributed by atoms with Crippen LogP contribution in [0, 0.1) is 6.92 Å². The fourth-order valence-electron chi connectivity index (χ4n) is 4.06. The normalized spacial score (nSPS) is 23.0. The molecule has 0 amide bonds. The summed E-state index contributed by atoms with van der Waals surface area (Å²) in [7, 11) is 0. The summed E-state index contributed by atoms with van der Waals surface area (Å²) in [6, 6.07) is 11.3. The number of imidazole rings is 1. The number of rotatable bonds is 4. The lowest BCUT2D eigenvalue weighted by molar-refractivity contribution is 0.170. The van der Waals surface area contributed by atoms with E-state index in [9.17, 15) is 0 Å². The molecule has 0 aliphatic carbocycles. The van der Waals surface area contributed by atoms with Gasteiger partial charge in [0.05, 0.1) is 11.9 Å². The van der Waals surface area contributed by atoms with Crippen molar-refractivity contribution in [1.82, 2.24) is 24.7 Å². The molecule has 4 rings (SSSR count). The molecule has 2 aliphatic rings. The number of aromatic nitrogens is 2. The Hall–Kier alpha value is -1.69. The molecule has 5 heteroatoms. The summed E-state index contributed by atoms with van der Waals surface area (Å²) in [6.45, 7) is 10.1. The van der Waals surface area contributed by atoms with E-state index in [-0.39, 0.29) is 0 Å². The molecule has 2 saturated heterocycles. The second-order valence-electron chi connectivity index (χ2n) is 6.93. The number of nitrogens with zero attached hydrogens (tertiary/aromatic N) is 4. The third kappa shape index (κ3) is 3.24. The van der Waals surface area contributed by atoms with Gasteiger partial charge >= 0.3 is 0 Å². The Kier molecular flexibility index (Phi) is 4.65. The number of piperazine rings is 1. The van der Waals surface area contributed by atoms with Crippen molar-refractivity contribution in [2.45, 2.75) is 25.9 Å². The van der Waals surface area contributed by atoms with Crippen LogP contribution in [0.25, 0.3) is 5.69 Å². The van der Waals surface area contributed by atoms with E-state index in [4.69, 9.17) is 0 Å². The number of hydrogen-bond acceptors (Lipinski definition) is 4. The van der Waals surface area contributed by atoms with Gasteiger partial charge in [-0.1, -0.05) is 18.2 Å². The molecule has 1 aromatic heterocycles. The first-order valence-corrected chi connectivity index (χ1v) is 9.07. The lowest BCUT2D eigenvalue weighted by atomic mass is 10.2. The average molecular weight is 325 g/mol. The van der Waals surface area contributed by atoms with Gasteiger partial charge in [0.25, 0.3) is 0 Å². The van der Waals surface area contributed by atoms with E-state index in [1.807, 2.05) is 6.20 Å². The first kappa shape index (κ1) is 15.8. The van der Waals surface area contributed by atoms with Gasteiger partial charge in [-0.05, 0) is 25.5 Å². The van der Waals surface area contributed by atoms with Crippen molar-refractivity contribution in [3.05, 3.63) is 48.0 Å². The molecule has 128 valence electrons. The second-order valence-corrected chi connectivity index (χ2v) is 6.93. The standard InChI is InChI=1S/C19H27N5/c1-16-21-13-19(24(16)17-5-3-2-4-6-17)15-22-10-7-18(14-22)23-11-8-20-9-12-23/h2-6,13,18,20H,7-12,14-15H2,1H3. The molecule has 0 bridgehead atoms. The maximum Gasteiger partial charge on any atom is 0.110 e. The molecular weight excluding hydrogens is 298 g/mol. The largest absolute Gasteiger partial charge is 0.314 e. The number of benzene rings is 1. The molecule has 2 fully saturated rings. The lowest BCUT2D eigenvalue weighted by Crippen LogP contribution is -2.49. The average Bonchev–Trinajstić information content (AvgIpc) is 3.24. The molecule has 0 spiro atoms. The Balaban J connectivity index is 1.45. The van der Waals surface area contributed by atoms with E-state index in [2.05, 4.69) is 61.9 Å². The summed E-state index contributed by atoms with van der Waals surface area (Å²) < 4.78 is 2.29. The van der Waals surface area contributed by atoms with Gasteiger partial charge in [-0.15, -0.1) is 0 Å². The highest BCUT2D eigenvalue weighted by atomic mass is 15.3. The first-order chi connectivity index (χ1) is 11.8. The molecule has 0 radical (unpaired) electrons. The van der Waals surface area contributed by atoms with Crippen LogP contribution in [-0.4, -0.2) is 64.7 Å². The zero-order valence-electron chi connectivity index (χ0n) is 14.5. The molecule has 1 unspecified atom stereocenters. The van der Waals surface area contributed by atoms with Crippen LogP contribution < -0.4 is 5.32 Å². The van der Waals surface area contributed by atoms with Crippen LogP contribution in [-0.2, 0) is 6.54 Å². The van der Waals surface area contributed by atoms with E-state index in [0.717, 1.165) is 31.5 Å². The minimum absolute atomic E-state index is 0.723. The summed E-state index contributed by atoms with van der Waals surface area (Å²) >= 11 is 0. The molecule has 2 aliphatic heterocycles. The molecular formula is C19H27N5. The topological polar surface area (TPSA) is 36.3 Å². The van der Waals surface area contributed by atoms with Crippen LogP contribution in [0.2, 0.25) is 0 Å². The third-order valence-corrected chi connectivity index (χ3v) is 5.33. The van der Waals surface area contributed by atoms with Crippen molar-refractivity contribution in [2.24, 2.45) is 0 Å².